The van der Waals surface area contributed by atoms with Gasteiger partial charge in [-0.15, -0.1) is 0 Å². The number of aromatic nitrogens is 3. The Labute approximate surface area is 146 Å². The number of fused-ring (bicyclic) bond motifs is 2. The molecule has 0 N–H and O–H groups in total. The van der Waals surface area contributed by atoms with Crippen LogP contribution in [0.1, 0.15) is 58.2 Å². The van der Waals surface area contributed by atoms with E-state index in [-0.39, 0.29) is 40.3 Å². The molecule has 5 heteroatoms. The second kappa shape index (κ2) is 3.97. The van der Waals surface area contributed by atoms with Crippen molar-refractivity contribution in [3.05, 3.63) is 45.3 Å². The molecular weight excluding hydrogens is 314 g/mol. The summed E-state index contributed by atoms with van der Waals surface area (Å²) in [6.07, 6.45) is 12.0. The molecule has 0 saturated heterocycles. The average Bonchev–Trinajstić information content (AvgIpc) is 3.00. The molecule has 132 valence electrons. The molecular formula is C20H25N3O2. The minimum absolute atomic E-state index is 0.0147. The summed E-state index contributed by atoms with van der Waals surface area (Å²) in [5.41, 5.74) is 0.0482. The number of rotatable bonds is 1. The maximum Gasteiger partial charge on any atom is 0.348 e. The van der Waals surface area contributed by atoms with Crippen molar-refractivity contribution in [2.75, 3.05) is 0 Å². The number of allylic oxidation sites excluding steroid dienone is 4. The zero-order valence-corrected chi connectivity index (χ0v) is 15.1. The molecule has 0 amide bonds. The van der Waals surface area contributed by atoms with Gasteiger partial charge >= 0.3 is 11.4 Å². The molecule has 4 aliphatic carbocycles. The molecule has 0 radical (unpaired) electrons. The number of nitrogens with zero attached hydrogens (tertiary/aromatic N) is 3. The molecule has 0 aromatic carbocycles. The molecule has 5 nitrogen and oxygen atoms in total. The predicted octanol–water partition coefficient (Wildman–Crippen LogP) is 2.67. The van der Waals surface area contributed by atoms with Gasteiger partial charge in [-0.1, -0.05) is 45.1 Å². The topological polar surface area (TPSA) is 48.9 Å². The third kappa shape index (κ3) is 1.31. The Hall–Kier alpha value is -1.78. The zero-order chi connectivity index (χ0) is 17.3. The van der Waals surface area contributed by atoms with Crippen molar-refractivity contribution in [1.82, 2.24) is 13.9 Å². The molecule has 2 aliphatic heterocycles. The predicted molar refractivity (Wildman–Crippen MR) is 94.6 cm³/mol. The summed E-state index contributed by atoms with van der Waals surface area (Å²) in [5, 5.41) is 0. The summed E-state index contributed by atoms with van der Waals surface area (Å²) in [6, 6.07) is 0.0681. The van der Waals surface area contributed by atoms with Crippen molar-refractivity contribution in [2.24, 2.45) is 28.6 Å². The Bertz CT molecular complexity index is 921. The molecule has 0 spiro atoms. The van der Waals surface area contributed by atoms with Crippen LogP contribution >= 0.6 is 0 Å². The Kier molecular flexibility index (Phi) is 2.28. The van der Waals surface area contributed by atoms with Crippen LogP contribution in [-0.4, -0.2) is 13.9 Å². The molecule has 2 fully saturated rings. The quantitative estimate of drug-likeness (QED) is 0.739. The van der Waals surface area contributed by atoms with E-state index >= 15 is 0 Å². The lowest BCUT2D eigenvalue weighted by molar-refractivity contribution is 0.103. The lowest BCUT2D eigenvalue weighted by Gasteiger charge is -2.47. The molecule has 7 atom stereocenters. The fourth-order valence-corrected chi connectivity index (χ4v) is 6.87. The standard InChI is InChI=1S/C20H25N3O2/c1-19(2)11-8-9-20(19,3)16(10-11)21-17(24)22-14-6-7-15(23(22)18(21)25)13-5-4-12(13)14/h4-7,11-16H,8-10H2,1-3H3/t11-,12-,13+,14-,15-,16-,20-/m0/s1. The van der Waals surface area contributed by atoms with Crippen LogP contribution < -0.4 is 11.4 Å². The molecule has 25 heavy (non-hydrogen) atoms. The van der Waals surface area contributed by atoms with Crippen LogP contribution in [0, 0.1) is 28.6 Å². The monoisotopic (exact) mass is 339 g/mol. The Balaban J connectivity index is 1.57. The molecule has 1 aromatic rings. The van der Waals surface area contributed by atoms with E-state index in [0.717, 1.165) is 12.8 Å². The van der Waals surface area contributed by atoms with Crippen LogP contribution in [0.4, 0.5) is 0 Å². The first-order valence-electron chi connectivity index (χ1n) is 9.68. The summed E-state index contributed by atoms with van der Waals surface area (Å²) in [4.78, 5) is 26.7. The number of hydrogen-bond donors (Lipinski definition) is 0. The van der Waals surface area contributed by atoms with E-state index in [9.17, 15) is 9.59 Å². The molecule has 1 aromatic heterocycles. The van der Waals surface area contributed by atoms with Gasteiger partial charge in [-0.3, -0.25) is 0 Å². The van der Waals surface area contributed by atoms with Gasteiger partial charge in [0, 0.05) is 17.9 Å². The average molecular weight is 339 g/mol. The van der Waals surface area contributed by atoms with Crippen molar-refractivity contribution < 1.29 is 0 Å². The largest absolute Gasteiger partial charge is 0.348 e. The highest BCUT2D eigenvalue weighted by Gasteiger charge is 2.63. The highest BCUT2D eigenvalue weighted by Crippen LogP contribution is 2.69. The third-order valence-electron chi connectivity index (χ3n) is 8.95. The lowest BCUT2D eigenvalue weighted by atomic mass is 9.68. The summed E-state index contributed by atoms with van der Waals surface area (Å²) in [6.45, 7) is 6.97. The first kappa shape index (κ1) is 14.4. The Morgan fingerprint density at radius 3 is 1.88 bits per heavy atom. The van der Waals surface area contributed by atoms with E-state index in [2.05, 4.69) is 45.1 Å². The first-order valence-corrected chi connectivity index (χ1v) is 9.68. The highest BCUT2D eigenvalue weighted by molar-refractivity contribution is 5.27. The summed E-state index contributed by atoms with van der Waals surface area (Å²) in [7, 11) is 0. The van der Waals surface area contributed by atoms with Gasteiger partial charge in [0.15, 0.2) is 0 Å². The van der Waals surface area contributed by atoms with Crippen molar-refractivity contribution in [1.29, 1.82) is 0 Å². The zero-order valence-electron chi connectivity index (χ0n) is 15.1. The van der Waals surface area contributed by atoms with Gasteiger partial charge in [-0.2, -0.15) is 0 Å². The van der Waals surface area contributed by atoms with Crippen molar-refractivity contribution in [2.45, 2.75) is 58.2 Å². The molecule has 7 rings (SSSR count). The van der Waals surface area contributed by atoms with Gasteiger partial charge < -0.3 is 0 Å². The van der Waals surface area contributed by atoms with E-state index in [4.69, 9.17) is 0 Å². The van der Waals surface area contributed by atoms with Gasteiger partial charge in [-0.25, -0.2) is 23.5 Å². The maximum atomic E-state index is 13.4. The summed E-state index contributed by atoms with van der Waals surface area (Å²) >= 11 is 0. The SMILES string of the molecule is CC1(C)[C@H]2CC[C@@]1(C)[C@@H](n1c(=O)n3n(c1=O)[C@H]1C=C[C@H]3[C@@H]3C=C[C@@H]31)C2. The minimum atomic E-state index is -0.0855. The van der Waals surface area contributed by atoms with Gasteiger partial charge in [0.05, 0.1) is 12.1 Å². The Morgan fingerprint density at radius 2 is 1.48 bits per heavy atom. The second-order valence-corrected chi connectivity index (χ2v) is 9.66. The fourth-order valence-electron chi connectivity index (χ4n) is 6.87. The summed E-state index contributed by atoms with van der Waals surface area (Å²) in [5.74, 6) is 1.38. The second-order valence-electron chi connectivity index (χ2n) is 9.66. The van der Waals surface area contributed by atoms with Gasteiger partial charge in [0.25, 0.3) is 0 Å². The van der Waals surface area contributed by atoms with Gasteiger partial charge in [0.1, 0.15) is 0 Å². The van der Waals surface area contributed by atoms with E-state index in [1.807, 2.05) is 0 Å². The smallest absolute Gasteiger partial charge is 0.246 e. The van der Waals surface area contributed by atoms with E-state index in [1.54, 1.807) is 13.9 Å². The third-order valence-corrected chi connectivity index (χ3v) is 8.95. The Morgan fingerprint density at radius 1 is 0.920 bits per heavy atom. The van der Waals surface area contributed by atoms with Crippen LogP contribution in [-0.2, 0) is 0 Å². The van der Waals surface area contributed by atoms with E-state index in [1.165, 1.54) is 6.42 Å². The van der Waals surface area contributed by atoms with Crippen molar-refractivity contribution >= 4 is 0 Å². The molecule has 3 heterocycles. The minimum Gasteiger partial charge on any atom is -0.246 e. The fraction of sp³-hybridized carbons (Fsp3) is 0.700. The van der Waals surface area contributed by atoms with Gasteiger partial charge in [-0.05, 0) is 36.0 Å². The lowest BCUT2D eigenvalue weighted by Crippen LogP contribution is -2.50. The van der Waals surface area contributed by atoms with E-state index < -0.39 is 0 Å². The maximum absolute atomic E-state index is 13.4. The first-order chi connectivity index (χ1) is 11.9. The van der Waals surface area contributed by atoms with Crippen LogP contribution in [0.2, 0.25) is 0 Å². The number of hydrogen-bond acceptors (Lipinski definition) is 2. The van der Waals surface area contributed by atoms with Crippen molar-refractivity contribution in [3.8, 4) is 0 Å². The molecule has 6 aliphatic rings. The van der Waals surface area contributed by atoms with Crippen LogP contribution in [0.15, 0.2) is 33.9 Å². The normalized spacial score (nSPS) is 47.0. The van der Waals surface area contributed by atoms with E-state index in [0.29, 0.717) is 17.8 Å². The molecule has 2 saturated carbocycles. The van der Waals surface area contributed by atoms with Crippen molar-refractivity contribution in [3.63, 3.8) is 0 Å². The van der Waals surface area contributed by atoms with Crippen LogP contribution in [0.3, 0.4) is 0 Å². The van der Waals surface area contributed by atoms with Gasteiger partial charge in [0.2, 0.25) is 0 Å². The van der Waals surface area contributed by atoms with Crippen LogP contribution in [0.25, 0.3) is 0 Å². The highest BCUT2D eigenvalue weighted by atomic mass is 16.2. The molecule has 4 bridgehead atoms. The summed E-state index contributed by atoms with van der Waals surface area (Å²) < 4.78 is 5.17. The van der Waals surface area contributed by atoms with Crippen LogP contribution in [0.5, 0.6) is 0 Å². The molecule has 0 unspecified atom stereocenters.